The SMILES string of the molecule is CCCCCCCO[C@H]1CC[C@H](C2CCC(CCCCCCC)CC2)CC1. The van der Waals surface area contributed by atoms with Gasteiger partial charge < -0.3 is 4.74 Å². The van der Waals surface area contributed by atoms with Crippen LogP contribution in [0.2, 0.25) is 0 Å². The Morgan fingerprint density at radius 3 is 1.67 bits per heavy atom. The minimum absolute atomic E-state index is 0.590. The molecule has 0 bridgehead atoms. The third-order valence-electron chi connectivity index (χ3n) is 7.59. The highest BCUT2D eigenvalue weighted by Crippen LogP contribution is 2.41. The van der Waals surface area contributed by atoms with Crippen LogP contribution in [0.1, 0.15) is 136 Å². The molecular weight excluding hydrogens is 328 g/mol. The molecule has 160 valence electrons. The first-order valence-electron chi connectivity index (χ1n) is 12.9. The second kappa shape index (κ2) is 14.9. The second-order valence-electron chi connectivity index (χ2n) is 9.81. The molecule has 0 saturated heterocycles. The van der Waals surface area contributed by atoms with Crippen molar-refractivity contribution >= 4 is 0 Å². The molecule has 0 atom stereocenters. The van der Waals surface area contributed by atoms with E-state index in [-0.39, 0.29) is 0 Å². The zero-order valence-electron chi connectivity index (χ0n) is 18.9. The summed E-state index contributed by atoms with van der Waals surface area (Å²) in [4.78, 5) is 0. The van der Waals surface area contributed by atoms with Crippen molar-refractivity contribution in [3.8, 4) is 0 Å². The van der Waals surface area contributed by atoms with E-state index >= 15 is 0 Å². The number of hydrogen-bond acceptors (Lipinski definition) is 1. The molecule has 2 fully saturated rings. The van der Waals surface area contributed by atoms with E-state index in [1.807, 2.05) is 0 Å². The minimum atomic E-state index is 0.590. The molecule has 0 N–H and O–H groups in total. The monoisotopic (exact) mass is 378 g/mol. The van der Waals surface area contributed by atoms with Crippen molar-refractivity contribution in [2.75, 3.05) is 6.61 Å². The Morgan fingerprint density at radius 1 is 0.556 bits per heavy atom. The number of hydrogen-bond donors (Lipinski definition) is 0. The van der Waals surface area contributed by atoms with Gasteiger partial charge >= 0.3 is 0 Å². The van der Waals surface area contributed by atoms with Gasteiger partial charge in [0, 0.05) is 6.61 Å². The molecule has 2 saturated carbocycles. The summed E-state index contributed by atoms with van der Waals surface area (Å²) in [5.41, 5.74) is 0. The van der Waals surface area contributed by atoms with E-state index in [0.29, 0.717) is 6.10 Å². The minimum Gasteiger partial charge on any atom is -0.378 e. The van der Waals surface area contributed by atoms with Gasteiger partial charge in [0.25, 0.3) is 0 Å². The van der Waals surface area contributed by atoms with Gasteiger partial charge in [-0.25, -0.2) is 0 Å². The molecule has 0 spiro atoms. The third-order valence-corrected chi connectivity index (χ3v) is 7.59. The van der Waals surface area contributed by atoms with Crippen molar-refractivity contribution in [1.29, 1.82) is 0 Å². The van der Waals surface area contributed by atoms with Crippen LogP contribution < -0.4 is 0 Å². The first kappa shape index (κ1) is 23.2. The summed E-state index contributed by atoms with van der Waals surface area (Å²) in [5, 5.41) is 0. The maximum Gasteiger partial charge on any atom is 0.0575 e. The van der Waals surface area contributed by atoms with Crippen LogP contribution in [0.5, 0.6) is 0 Å². The Balaban J connectivity index is 1.48. The summed E-state index contributed by atoms with van der Waals surface area (Å²) in [6.07, 6.45) is 27.9. The third kappa shape index (κ3) is 9.82. The van der Waals surface area contributed by atoms with Crippen LogP contribution in [0.3, 0.4) is 0 Å². The van der Waals surface area contributed by atoms with Gasteiger partial charge in [-0.1, -0.05) is 90.9 Å². The fourth-order valence-corrected chi connectivity index (χ4v) is 5.67. The summed E-state index contributed by atoms with van der Waals surface area (Å²) in [5.74, 6) is 3.14. The molecule has 1 nitrogen and oxygen atoms in total. The summed E-state index contributed by atoms with van der Waals surface area (Å²) >= 11 is 0. The average molecular weight is 379 g/mol. The van der Waals surface area contributed by atoms with Crippen LogP contribution in [-0.2, 0) is 4.74 Å². The van der Waals surface area contributed by atoms with Gasteiger partial charge in [-0.2, -0.15) is 0 Å². The Hall–Kier alpha value is -0.0400. The van der Waals surface area contributed by atoms with Crippen molar-refractivity contribution in [3.05, 3.63) is 0 Å². The van der Waals surface area contributed by atoms with E-state index in [0.717, 1.165) is 24.4 Å². The highest BCUT2D eigenvalue weighted by atomic mass is 16.5. The first-order chi connectivity index (χ1) is 13.3. The summed E-state index contributed by atoms with van der Waals surface area (Å²) in [6, 6.07) is 0. The number of ether oxygens (including phenoxy) is 1. The van der Waals surface area contributed by atoms with Crippen LogP contribution in [0, 0.1) is 17.8 Å². The summed E-state index contributed by atoms with van der Waals surface area (Å²) < 4.78 is 6.19. The molecule has 0 aromatic heterocycles. The molecule has 0 radical (unpaired) electrons. The van der Waals surface area contributed by atoms with Gasteiger partial charge in [0.05, 0.1) is 6.10 Å². The van der Waals surface area contributed by atoms with Crippen LogP contribution >= 0.6 is 0 Å². The molecular formula is C26H50O. The molecule has 0 amide bonds. The second-order valence-corrected chi connectivity index (χ2v) is 9.81. The van der Waals surface area contributed by atoms with Crippen molar-refractivity contribution in [3.63, 3.8) is 0 Å². The molecule has 0 aliphatic heterocycles. The van der Waals surface area contributed by atoms with E-state index in [1.54, 1.807) is 0 Å². The maximum absolute atomic E-state index is 6.19. The normalized spacial score (nSPS) is 29.1. The lowest BCUT2D eigenvalue weighted by molar-refractivity contribution is 0.00527. The predicted octanol–water partition coefficient (Wildman–Crippen LogP) is 8.70. The van der Waals surface area contributed by atoms with Gasteiger partial charge in [-0.05, 0) is 62.7 Å². The quantitative estimate of drug-likeness (QED) is 0.275. The molecule has 0 aromatic rings. The van der Waals surface area contributed by atoms with Crippen LogP contribution in [0.15, 0.2) is 0 Å². The number of rotatable bonds is 14. The smallest absolute Gasteiger partial charge is 0.0575 e. The average Bonchev–Trinajstić information content (AvgIpc) is 2.71. The summed E-state index contributed by atoms with van der Waals surface area (Å²) in [6.45, 7) is 5.62. The first-order valence-corrected chi connectivity index (χ1v) is 12.9. The molecule has 2 aliphatic rings. The highest BCUT2D eigenvalue weighted by molar-refractivity contribution is 4.82. The lowest BCUT2D eigenvalue weighted by Crippen LogP contribution is -2.28. The van der Waals surface area contributed by atoms with E-state index in [1.165, 1.54) is 122 Å². The summed E-state index contributed by atoms with van der Waals surface area (Å²) in [7, 11) is 0. The van der Waals surface area contributed by atoms with Crippen molar-refractivity contribution < 1.29 is 4.74 Å². The lowest BCUT2D eigenvalue weighted by Gasteiger charge is -2.38. The zero-order chi connectivity index (χ0) is 19.2. The van der Waals surface area contributed by atoms with Gasteiger partial charge in [0.2, 0.25) is 0 Å². The van der Waals surface area contributed by atoms with Gasteiger partial charge in [-0.15, -0.1) is 0 Å². The number of unbranched alkanes of at least 4 members (excludes halogenated alkanes) is 8. The Morgan fingerprint density at radius 2 is 1.07 bits per heavy atom. The van der Waals surface area contributed by atoms with Crippen molar-refractivity contribution in [2.45, 2.75) is 142 Å². The van der Waals surface area contributed by atoms with Crippen molar-refractivity contribution in [2.24, 2.45) is 17.8 Å². The van der Waals surface area contributed by atoms with Crippen LogP contribution in [0.25, 0.3) is 0 Å². The van der Waals surface area contributed by atoms with E-state index in [9.17, 15) is 0 Å². The molecule has 2 rings (SSSR count). The standard InChI is InChI=1S/C26H50O/c1-3-5-7-9-11-13-23-14-16-24(17-15-23)25-18-20-26(21-19-25)27-22-12-10-8-6-4-2/h23-26H,3-22H2,1-2H3/t23?,24?,25-,26-. The maximum atomic E-state index is 6.19. The van der Waals surface area contributed by atoms with Crippen molar-refractivity contribution in [1.82, 2.24) is 0 Å². The molecule has 27 heavy (non-hydrogen) atoms. The van der Waals surface area contributed by atoms with Gasteiger partial charge in [0.15, 0.2) is 0 Å². The van der Waals surface area contributed by atoms with Gasteiger partial charge in [-0.3, -0.25) is 0 Å². The van der Waals surface area contributed by atoms with Gasteiger partial charge in [0.1, 0.15) is 0 Å². The highest BCUT2D eigenvalue weighted by Gasteiger charge is 2.30. The topological polar surface area (TPSA) is 9.23 Å². The molecule has 0 aromatic carbocycles. The fourth-order valence-electron chi connectivity index (χ4n) is 5.67. The Bertz CT molecular complexity index is 323. The van der Waals surface area contributed by atoms with Crippen LogP contribution in [-0.4, -0.2) is 12.7 Å². The zero-order valence-corrected chi connectivity index (χ0v) is 18.9. The van der Waals surface area contributed by atoms with E-state index < -0.39 is 0 Å². The largest absolute Gasteiger partial charge is 0.378 e. The van der Waals surface area contributed by atoms with Crippen LogP contribution in [0.4, 0.5) is 0 Å². The molecule has 2 aliphatic carbocycles. The molecule has 0 heterocycles. The van der Waals surface area contributed by atoms with E-state index in [2.05, 4.69) is 13.8 Å². The van der Waals surface area contributed by atoms with E-state index in [4.69, 9.17) is 4.74 Å². The lowest BCUT2D eigenvalue weighted by atomic mass is 9.70. The Labute approximate surface area is 171 Å². The Kier molecular flexibility index (Phi) is 12.8. The predicted molar refractivity (Wildman–Crippen MR) is 119 cm³/mol. The molecule has 1 heteroatoms. The molecule has 0 unspecified atom stereocenters. The fraction of sp³-hybridized carbons (Fsp3) is 1.00.